The van der Waals surface area contributed by atoms with Crippen LogP contribution in [0.25, 0.3) is 0 Å². The van der Waals surface area contributed by atoms with Gasteiger partial charge in [0.15, 0.2) is 0 Å². The van der Waals surface area contributed by atoms with Crippen LogP contribution in [0.2, 0.25) is 0 Å². The first-order valence-corrected chi connectivity index (χ1v) is 6.12. The van der Waals surface area contributed by atoms with Crippen molar-refractivity contribution in [1.82, 2.24) is 0 Å². The Morgan fingerprint density at radius 1 is 1.06 bits per heavy atom. The van der Waals surface area contributed by atoms with Crippen LogP contribution in [0.15, 0.2) is 36.5 Å². The van der Waals surface area contributed by atoms with Crippen molar-refractivity contribution in [2.75, 3.05) is 6.61 Å². The predicted molar refractivity (Wildman–Crippen MR) is 68.4 cm³/mol. The molecule has 0 aromatic heterocycles. The molecule has 0 saturated heterocycles. The van der Waals surface area contributed by atoms with E-state index < -0.39 is 12.2 Å². The minimum Gasteiger partial charge on any atom is -0.396 e. The zero-order chi connectivity index (χ0) is 12.7. The van der Waals surface area contributed by atoms with Gasteiger partial charge in [0.1, 0.15) is 0 Å². The maximum Gasteiger partial charge on any atom is 0.0620 e. The molecule has 0 bridgehead atoms. The van der Waals surface area contributed by atoms with Crippen LogP contribution in [-0.4, -0.2) is 34.1 Å². The Hall–Kier alpha value is -0.900. The fourth-order valence-electron chi connectivity index (χ4n) is 2.25. The van der Waals surface area contributed by atoms with Gasteiger partial charge in [0, 0.05) is 12.5 Å². The average Bonchev–Trinajstić information content (AvgIpc) is 2.28. The van der Waals surface area contributed by atoms with Crippen LogP contribution < -0.4 is 0 Å². The Morgan fingerprint density at radius 2 is 1.76 bits per heavy atom. The number of hydrogen-bond acceptors (Lipinski definition) is 3. The first kappa shape index (κ1) is 14.2. The minimum absolute atomic E-state index is 0.0361. The molecule has 96 valence electrons. The van der Waals surface area contributed by atoms with Crippen LogP contribution in [0, 0.1) is 11.8 Å². The van der Waals surface area contributed by atoms with Crippen molar-refractivity contribution < 1.29 is 15.3 Å². The van der Waals surface area contributed by atoms with Gasteiger partial charge in [-0.2, -0.15) is 0 Å². The molecule has 3 heteroatoms. The highest BCUT2D eigenvalue weighted by molar-refractivity contribution is 5.12. The van der Waals surface area contributed by atoms with Crippen LogP contribution >= 0.6 is 0 Å². The smallest absolute Gasteiger partial charge is 0.0620 e. The van der Waals surface area contributed by atoms with E-state index in [4.69, 9.17) is 0 Å². The highest BCUT2D eigenvalue weighted by Gasteiger charge is 2.34. The second-order valence-electron chi connectivity index (χ2n) is 4.50. The molecular weight excluding hydrogens is 216 g/mol. The summed E-state index contributed by atoms with van der Waals surface area (Å²) in [5.74, 6) is -0.126. The summed E-state index contributed by atoms with van der Waals surface area (Å²) in [4.78, 5) is 0. The lowest BCUT2D eigenvalue weighted by atomic mass is 9.76. The summed E-state index contributed by atoms with van der Waals surface area (Å²) >= 11 is 0. The van der Waals surface area contributed by atoms with Gasteiger partial charge in [0.25, 0.3) is 0 Å². The molecule has 0 amide bonds. The maximum atomic E-state index is 9.77. The standard InChI is InChI=1S/C14H22O3/c1-2-3-4-5-6-7-11-8-12(16)9-14(17)13(11)10-15/h2-7,11-17H,8-10H2,1H3/b3-2+,5-4+,7-6+/t11-,12+,13+,14-/m0/s1. The van der Waals surface area contributed by atoms with E-state index >= 15 is 0 Å². The van der Waals surface area contributed by atoms with Crippen molar-refractivity contribution in [3.05, 3.63) is 36.5 Å². The lowest BCUT2D eigenvalue weighted by molar-refractivity contribution is -0.0382. The van der Waals surface area contributed by atoms with E-state index in [9.17, 15) is 15.3 Å². The second-order valence-corrected chi connectivity index (χ2v) is 4.50. The molecule has 0 aromatic rings. The minimum atomic E-state index is -0.613. The van der Waals surface area contributed by atoms with Crippen molar-refractivity contribution in [3.8, 4) is 0 Å². The third kappa shape index (κ3) is 4.46. The molecule has 0 aromatic carbocycles. The molecular formula is C14H22O3. The van der Waals surface area contributed by atoms with E-state index in [1.165, 1.54) is 0 Å². The lowest BCUT2D eigenvalue weighted by Crippen LogP contribution is -2.39. The van der Waals surface area contributed by atoms with E-state index in [0.29, 0.717) is 12.8 Å². The number of aliphatic hydroxyl groups excluding tert-OH is 3. The van der Waals surface area contributed by atoms with E-state index in [1.807, 2.05) is 43.4 Å². The monoisotopic (exact) mass is 238 g/mol. The summed E-state index contributed by atoms with van der Waals surface area (Å²) in [7, 11) is 0. The van der Waals surface area contributed by atoms with E-state index in [1.54, 1.807) is 0 Å². The summed E-state index contributed by atoms with van der Waals surface area (Å²) in [6.07, 6.45) is 11.4. The predicted octanol–water partition coefficient (Wildman–Crippen LogP) is 1.42. The average molecular weight is 238 g/mol. The topological polar surface area (TPSA) is 60.7 Å². The van der Waals surface area contributed by atoms with Crippen LogP contribution in [0.4, 0.5) is 0 Å². The van der Waals surface area contributed by atoms with Crippen molar-refractivity contribution in [1.29, 1.82) is 0 Å². The zero-order valence-electron chi connectivity index (χ0n) is 10.2. The molecule has 1 rings (SSSR count). The van der Waals surface area contributed by atoms with Gasteiger partial charge >= 0.3 is 0 Å². The summed E-state index contributed by atoms with van der Waals surface area (Å²) in [5.41, 5.74) is 0. The van der Waals surface area contributed by atoms with Crippen molar-refractivity contribution in [2.45, 2.75) is 32.0 Å². The highest BCUT2D eigenvalue weighted by atomic mass is 16.3. The largest absolute Gasteiger partial charge is 0.396 e. The highest BCUT2D eigenvalue weighted by Crippen LogP contribution is 2.31. The molecule has 0 unspecified atom stereocenters. The molecule has 0 aliphatic heterocycles. The molecule has 1 aliphatic rings. The summed E-state index contributed by atoms with van der Waals surface area (Å²) in [6, 6.07) is 0. The lowest BCUT2D eigenvalue weighted by Gasteiger charge is -2.35. The molecule has 1 saturated carbocycles. The number of allylic oxidation sites excluding steroid dienone is 6. The van der Waals surface area contributed by atoms with Crippen molar-refractivity contribution >= 4 is 0 Å². The van der Waals surface area contributed by atoms with Gasteiger partial charge in [-0.3, -0.25) is 0 Å². The van der Waals surface area contributed by atoms with Crippen molar-refractivity contribution in [2.24, 2.45) is 11.8 Å². The van der Waals surface area contributed by atoms with E-state index in [2.05, 4.69) is 0 Å². The first-order chi connectivity index (χ1) is 8.19. The van der Waals surface area contributed by atoms with Crippen LogP contribution in [0.5, 0.6) is 0 Å². The fraction of sp³-hybridized carbons (Fsp3) is 0.571. The molecule has 3 N–H and O–H groups in total. The third-order valence-corrected chi connectivity index (χ3v) is 3.20. The Kier molecular flexibility index (Phi) is 6.19. The first-order valence-electron chi connectivity index (χ1n) is 6.12. The van der Waals surface area contributed by atoms with Gasteiger partial charge in [-0.05, 0) is 25.7 Å². The van der Waals surface area contributed by atoms with Crippen LogP contribution in [-0.2, 0) is 0 Å². The molecule has 0 spiro atoms. The van der Waals surface area contributed by atoms with Gasteiger partial charge in [-0.25, -0.2) is 0 Å². The normalized spacial score (nSPS) is 35.3. The van der Waals surface area contributed by atoms with Crippen LogP contribution in [0.1, 0.15) is 19.8 Å². The fourth-order valence-corrected chi connectivity index (χ4v) is 2.25. The third-order valence-electron chi connectivity index (χ3n) is 3.20. The van der Waals surface area contributed by atoms with Gasteiger partial charge in [0.2, 0.25) is 0 Å². The van der Waals surface area contributed by atoms with Crippen molar-refractivity contribution in [3.63, 3.8) is 0 Å². The molecule has 0 heterocycles. The van der Waals surface area contributed by atoms with E-state index in [-0.39, 0.29) is 18.4 Å². The molecule has 1 fully saturated rings. The molecule has 1 aliphatic carbocycles. The zero-order valence-corrected chi connectivity index (χ0v) is 10.2. The quantitative estimate of drug-likeness (QED) is 0.649. The maximum absolute atomic E-state index is 9.77. The van der Waals surface area contributed by atoms with E-state index in [0.717, 1.165) is 0 Å². The van der Waals surface area contributed by atoms with Gasteiger partial charge in [0.05, 0.1) is 12.2 Å². The van der Waals surface area contributed by atoms with Crippen LogP contribution in [0.3, 0.4) is 0 Å². The Labute approximate surface area is 103 Å². The summed E-state index contributed by atoms with van der Waals surface area (Å²) in [6.45, 7) is 1.91. The SMILES string of the molecule is C/C=C/C=C/C=C/[C@H]1C[C@@H](O)C[C@H](O)[C@@H]1CO. The molecule has 3 nitrogen and oxygen atoms in total. The Bertz CT molecular complexity index is 294. The molecule has 4 atom stereocenters. The summed E-state index contributed by atoms with van der Waals surface area (Å²) < 4.78 is 0. The number of aliphatic hydroxyl groups is 3. The number of rotatable bonds is 4. The Morgan fingerprint density at radius 3 is 2.41 bits per heavy atom. The molecule has 17 heavy (non-hydrogen) atoms. The number of hydrogen-bond donors (Lipinski definition) is 3. The van der Waals surface area contributed by atoms with Gasteiger partial charge < -0.3 is 15.3 Å². The Balaban J connectivity index is 2.59. The molecule has 0 radical (unpaired) electrons. The second kappa shape index (κ2) is 7.43. The summed E-state index contributed by atoms with van der Waals surface area (Å²) in [5, 5.41) is 28.6. The van der Waals surface area contributed by atoms with Gasteiger partial charge in [-0.1, -0.05) is 36.5 Å². The van der Waals surface area contributed by atoms with Gasteiger partial charge in [-0.15, -0.1) is 0 Å².